The number of carbonyl (C=O) groups is 3. The van der Waals surface area contributed by atoms with Crippen LogP contribution < -0.4 is 10.6 Å². The highest BCUT2D eigenvalue weighted by molar-refractivity contribution is 6.30. The van der Waals surface area contributed by atoms with Crippen LogP contribution >= 0.6 is 11.6 Å². The smallest absolute Gasteiger partial charge is 0.412 e. The van der Waals surface area contributed by atoms with E-state index in [1.54, 1.807) is 35.4 Å². The molecule has 11 heteroatoms. The van der Waals surface area contributed by atoms with Crippen LogP contribution in [0.4, 0.5) is 20.6 Å². The predicted molar refractivity (Wildman–Crippen MR) is 138 cm³/mol. The van der Waals surface area contributed by atoms with E-state index >= 15 is 0 Å². The van der Waals surface area contributed by atoms with Crippen LogP contribution in [0.5, 0.6) is 0 Å². The predicted octanol–water partition coefficient (Wildman–Crippen LogP) is 5.16. The van der Waals surface area contributed by atoms with Crippen molar-refractivity contribution in [1.82, 2.24) is 14.9 Å². The minimum Gasteiger partial charge on any atom is -0.436 e. The number of aromatic amines is 1. The molecule has 3 aromatic rings. The van der Waals surface area contributed by atoms with Crippen LogP contribution in [0.15, 0.2) is 42.6 Å². The summed E-state index contributed by atoms with van der Waals surface area (Å²) >= 11 is 6.25. The third-order valence-electron chi connectivity index (χ3n) is 7.46. The molecule has 0 aliphatic carbocycles. The molecule has 1 fully saturated rings. The molecule has 3 N–H and O–H groups in total. The van der Waals surface area contributed by atoms with Gasteiger partial charge in [0.1, 0.15) is 11.6 Å². The summed E-state index contributed by atoms with van der Waals surface area (Å²) in [6.07, 6.45) is 3.39. The quantitative estimate of drug-likeness (QED) is 0.397. The number of H-pyrrole nitrogens is 1. The number of fused-ring (bicyclic) bond motifs is 6. The number of ether oxygens (including phenoxy) is 1. The first kappa shape index (κ1) is 24.4. The molecule has 0 unspecified atom stereocenters. The van der Waals surface area contributed by atoms with E-state index in [-0.39, 0.29) is 24.8 Å². The van der Waals surface area contributed by atoms with Gasteiger partial charge in [-0.3, -0.25) is 14.9 Å². The molecule has 2 bridgehead atoms. The Balaban J connectivity index is 1.31. The number of halogens is 2. The Bertz CT molecular complexity index is 1460. The van der Waals surface area contributed by atoms with Gasteiger partial charge in [0.15, 0.2) is 5.60 Å². The highest BCUT2D eigenvalue weighted by Gasteiger charge is 2.49. The maximum atomic E-state index is 13.9. The average molecular weight is 538 g/mol. The van der Waals surface area contributed by atoms with Gasteiger partial charge < -0.3 is 19.9 Å². The first-order chi connectivity index (χ1) is 18.3. The van der Waals surface area contributed by atoms with E-state index < -0.39 is 23.4 Å². The van der Waals surface area contributed by atoms with Crippen LogP contribution in [0, 0.1) is 5.82 Å². The van der Waals surface area contributed by atoms with Gasteiger partial charge in [0, 0.05) is 35.5 Å². The maximum Gasteiger partial charge on any atom is 0.412 e. The molecular formula is C27H25ClFN5O4. The van der Waals surface area contributed by atoms with Crippen LogP contribution in [0.3, 0.4) is 0 Å². The molecule has 196 valence electrons. The summed E-state index contributed by atoms with van der Waals surface area (Å²) in [5, 5.41) is 6.01. The summed E-state index contributed by atoms with van der Waals surface area (Å²) in [7, 11) is 0. The Morgan fingerprint density at radius 2 is 2.00 bits per heavy atom. The Hall–Kier alpha value is -3.92. The zero-order chi connectivity index (χ0) is 26.4. The summed E-state index contributed by atoms with van der Waals surface area (Å²) in [5.41, 5.74) is 1.88. The number of anilines is 2. The van der Waals surface area contributed by atoms with Crippen molar-refractivity contribution in [2.24, 2.45) is 0 Å². The first-order valence-corrected chi connectivity index (χ1v) is 12.9. The van der Waals surface area contributed by atoms with Gasteiger partial charge >= 0.3 is 6.09 Å². The fourth-order valence-corrected chi connectivity index (χ4v) is 5.77. The largest absolute Gasteiger partial charge is 0.436 e. The third-order valence-corrected chi connectivity index (χ3v) is 7.69. The van der Waals surface area contributed by atoms with Gasteiger partial charge in [0.2, 0.25) is 11.8 Å². The number of carbonyl (C=O) groups excluding carboxylic acids is 3. The van der Waals surface area contributed by atoms with Gasteiger partial charge in [0.05, 0.1) is 35.7 Å². The highest BCUT2D eigenvalue weighted by Crippen LogP contribution is 2.44. The van der Waals surface area contributed by atoms with Gasteiger partial charge in [-0.05, 0) is 49.2 Å². The van der Waals surface area contributed by atoms with Crippen LogP contribution in [-0.2, 0) is 19.9 Å². The van der Waals surface area contributed by atoms with E-state index in [0.29, 0.717) is 65.7 Å². The second-order valence-corrected chi connectivity index (χ2v) is 10.4. The number of nitrogens with zero attached hydrogens (tertiary/aromatic N) is 2. The van der Waals surface area contributed by atoms with Crippen LogP contribution in [0.1, 0.15) is 49.4 Å². The number of benzene rings is 2. The number of nitrogens with one attached hydrogen (secondary N) is 3. The van der Waals surface area contributed by atoms with Gasteiger partial charge in [-0.1, -0.05) is 18.0 Å². The molecule has 38 heavy (non-hydrogen) atoms. The fourth-order valence-electron chi connectivity index (χ4n) is 5.59. The van der Waals surface area contributed by atoms with Crippen LogP contribution in [-0.4, -0.2) is 45.9 Å². The van der Waals surface area contributed by atoms with Crippen molar-refractivity contribution in [2.45, 2.75) is 43.6 Å². The zero-order valence-electron chi connectivity index (χ0n) is 20.4. The lowest BCUT2D eigenvalue weighted by Crippen LogP contribution is -2.43. The molecule has 2 aromatic carbocycles. The minimum atomic E-state index is -0.987. The van der Waals surface area contributed by atoms with Crippen molar-refractivity contribution in [2.75, 3.05) is 23.7 Å². The van der Waals surface area contributed by atoms with E-state index in [2.05, 4.69) is 20.6 Å². The van der Waals surface area contributed by atoms with E-state index in [0.717, 1.165) is 5.56 Å². The van der Waals surface area contributed by atoms with E-state index in [1.807, 2.05) is 0 Å². The molecule has 0 saturated carbocycles. The summed E-state index contributed by atoms with van der Waals surface area (Å²) in [6, 6.07) is 9.36. The Labute approximate surface area is 222 Å². The molecule has 1 spiro atoms. The summed E-state index contributed by atoms with van der Waals surface area (Å²) in [5.74, 6) is -0.901. The summed E-state index contributed by atoms with van der Waals surface area (Å²) in [6.45, 7) is 0.591. The molecule has 1 saturated heterocycles. The minimum absolute atomic E-state index is 0.137. The van der Waals surface area contributed by atoms with E-state index in [1.165, 1.54) is 12.1 Å². The van der Waals surface area contributed by atoms with Gasteiger partial charge in [0.25, 0.3) is 0 Å². The van der Waals surface area contributed by atoms with Crippen LogP contribution in [0.2, 0.25) is 5.02 Å². The number of rotatable bonds is 1. The number of amides is 3. The molecule has 3 aliphatic rings. The van der Waals surface area contributed by atoms with Crippen molar-refractivity contribution in [3.8, 4) is 11.3 Å². The van der Waals surface area contributed by atoms with E-state index in [4.69, 9.17) is 16.3 Å². The second-order valence-electron chi connectivity index (χ2n) is 9.93. The Morgan fingerprint density at radius 3 is 2.87 bits per heavy atom. The number of imidazole rings is 1. The monoisotopic (exact) mass is 537 g/mol. The third kappa shape index (κ3) is 4.38. The Morgan fingerprint density at radius 1 is 1.13 bits per heavy atom. The number of hydrogen-bond donors (Lipinski definition) is 3. The standard InChI is InChI=1S/C27H25ClFN5O4/c28-15-5-8-20-19(11-15)27(38-26(37)33-20)9-10-34(14-27)25(36)18-3-1-2-4-23(35)31-21-12-16(29)6-7-17(21)22-13-30-24(18)32-22/h5-8,11-13,18H,1-4,9-10,14H2,(H,30,32)(H,31,35)(H,33,37)/t18-,27-/m0/s1. The fraction of sp³-hybridized carbons (Fsp3) is 0.333. The van der Waals surface area contributed by atoms with E-state index in [9.17, 15) is 18.8 Å². The average Bonchev–Trinajstić information content (AvgIpc) is 3.52. The molecule has 2 atom stereocenters. The molecule has 1 aromatic heterocycles. The first-order valence-electron chi connectivity index (χ1n) is 12.5. The molecule has 3 amide bonds. The van der Waals surface area contributed by atoms with Crippen molar-refractivity contribution in [1.29, 1.82) is 0 Å². The van der Waals surface area contributed by atoms with Gasteiger partial charge in [-0.15, -0.1) is 0 Å². The van der Waals surface area contributed by atoms with Crippen molar-refractivity contribution in [3.63, 3.8) is 0 Å². The Kier molecular flexibility index (Phi) is 6.06. The summed E-state index contributed by atoms with van der Waals surface area (Å²) in [4.78, 5) is 48.2. The molecule has 6 rings (SSSR count). The number of hydrogen-bond acceptors (Lipinski definition) is 5. The number of likely N-dealkylation sites (tertiary alicyclic amines) is 1. The van der Waals surface area contributed by atoms with Crippen molar-refractivity contribution in [3.05, 3.63) is 64.8 Å². The summed E-state index contributed by atoms with van der Waals surface area (Å²) < 4.78 is 19.7. The maximum absolute atomic E-state index is 13.9. The SMILES string of the molecule is O=C1CCCC[C@H](C(=O)N2CC[C@@]3(C2)OC(=O)Nc2ccc(Cl)cc23)c2ncc([nH]2)-c2ccc(F)cc2N1. The molecule has 0 radical (unpaired) electrons. The molecule has 9 nitrogen and oxygen atoms in total. The van der Waals surface area contributed by atoms with Crippen molar-refractivity contribution >= 4 is 40.9 Å². The highest BCUT2D eigenvalue weighted by atomic mass is 35.5. The second kappa shape index (κ2) is 9.43. The molecule has 4 heterocycles. The van der Waals surface area contributed by atoms with Crippen LogP contribution in [0.25, 0.3) is 11.3 Å². The molecular weight excluding hydrogens is 513 g/mol. The topological polar surface area (TPSA) is 116 Å². The van der Waals surface area contributed by atoms with Crippen molar-refractivity contribution < 1.29 is 23.5 Å². The zero-order valence-corrected chi connectivity index (χ0v) is 21.1. The normalized spacial score (nSPS) is 22.9. The van der Waals surface area contributed by atoms with Gasteiger partial charge in [-0.2, -0.15) is 0 Å². The number of aromatic nitrogens is 2. The lowest BCUT2D eigenvalue weighted by Gasteiger charge is -2.35. The lowest BCUT2D eigenvalue weighted by atomic mass is 9.90. The lowest BCUT2D eigenvalue weighted by molar-refractivity contribution is -0.133. The van der Waals surface area contributed by atoms with Gasteiger partial charge in [-0.25, -0.2) is 14.2 Å². The molecule has 3 aliphatic heterocycles.